The highest BCUT2D eigenvalue weighted by molar-refractivity contribution is 5.22. The summed E-state index contributed by atoms with van der Waals surface area (Å²) in [5.41, 5.74) is 2.67. The third kappa shape index (κ3) is 2.91. The number of ether oxygens (including phenoxy) is 1. The highest BCUT2D eigenvalue weighted by Crippen LogP contribution is 2.43. The molecule has 3 atom stereocenters. The molecule has 0 aromatic carbocycles. The molecule has 0 bridgehead atoms. The minimum atomic E-state index is -0.180. The Morgan fingerprint density at radius 3 is 2.92 bits per heavy atom. The lowest BCUT2D eigenvalue weighted by Crippen LogP contribution is -2.51. The van der Waals surface area contributed by atoms with Gasteiger partial charge in [-0.2, -0.15) is 5.10 Å². The van der Waals surface area contributed by atoms with Crippen molar-refractivity contribution < 1.29 is 9.84 Å². The molecule has 134 valence electrons. The van der Waals surface area contributed by atoms with Gasteiger partial charge in [0.05, 0.1) is 17.9 Å². The van der Waals surface area contributed by atoms with Crippen LogP contribution in [0.5, 0.6) is 0 Å². The second kappa shape index (κ2) is 6.77. The summed E-state index contributed by atoms with van der Waals surface area (Å²) in [5.74, 6) is 0.656. The smallest absolute Gasteiger partial charge is 0.0847 e. The molecule has 1 aromatic rings. The van der Waals surface area contributed by atoms with Gasteiger partial charge in [-0.1, -0.05) is 19.3 Å². The van der Waals surface area contributed by atoms with E-state index >= 15 is 0 Å². The third-order valence-corrected chi connectivity index (χ3v) is 6.81. The molecule has 3 fully saturated rings. The van der Waals surface area contributed by atoms with Crippen LogP contribution in [0.3, 0.4) is 0 Å². The number of hydrogen-bond acceptors (Lipinski definition) is 4. The Morgan fingerprint density at radius 2 is 2.12 bits per heavy atom. The molecule has 4 rings (SSSR count). The van der Waals surface area contributed by atoms with Gasteiger partial charge in [-0.05, 0) is 38.5 Å². The minimum Gasteiger partial charge on any atom is -0.393 e. The molecule has 0 amide bonds. The van der Waals surface area contributed by atoms with E-state index in [1.807, 2.05) is 13.3 Å². The van der Waals surface area contributed by atoms with Crippen LogP contribution in [0.4, 0.5) is 0 Å². The molecule has 1 aliphatic heterocycles. The van der Waals surface area contributed by atoms with Gasteiger partial charge in [-0.25, -0.2) is 0 Å². The largest absolute Gasteiger partial charge is 0.393 e. The molecule has 1 aromatic heterocycles. The number of methoxy groups -OCH3 is 1. The van der Waals surface area contributed by atoms with Gasteiger partial charge in [-0.3, -0.25) is 10.00 Å². The Morgan fingerprint density at radius 1 is 1.29 bits per heavy atom. The van der Waals surface area contributed by atoms with Crippen molar-refractivity contribution in [3.63, 3.8) is 0 Å². The molecule has 5 nitrogen and oxygen atoms in total. The van der Waals surface area contributed by atoms with Crippen molar-refractivity contribution in [2.75, 3.05) is 13.7 Å². The van der Waals surface area contributed by atoms with Gasteiger partial charge in [-0.15, -0.1) is 0 Å². The second-order valence-electron chi connectivity index (χ2n) is 8.08. The van der Waals surface area contributed by atoms with Crippen LogP contribution in [0.15, 0.2) is 6.20 Å². The number of nitrogens with one attached hydrogen (secondary N) is 1. The first kappa shape index (κ1) is 16.6. The van der Waals surface area contributed by atoms with Crippen LogP contribution in [0.2, 0.25) is 0 Å². The molecule has 3 aliphatic rings. The van der Waals surface area contributed by atoms with E-state index in [4.69, 9.17) is 4.74 Å². The van der Waals surface area contributed by atoms with Crippen molar-refractivity contribution >= 4 is 0 Å². The van der Waals surface area contributed by atoms with E-state index in [1.54, 1.807) is 0 Å². The maximum atomic E-state index is 10.2. The second-order valence-corrected chi connectivity index (χ2v) is 8.08. The van der Waals surface area contributed by atoms with Crippen LogP contribution in [-0.4, -0.2) is 51.6 Å². The van der Waals surface area contributed by atoms with E-state index in [1.165, 1.54) is 43.4 Å². The number of fused-ring (bicyclic) bond motifs is 1. The van der Waals surface area contributed by atoms with Crippen LogP contribution in [-0.2, 0) is 11.3 Å². The van der Waals surface area contributed by atoms with Crippen LogP contribution in [0, 0.1) is 0 Å². The maximum Gasteiger partial charge on any atom is 0.0847 e. The van der Waals surface area contributed by atoms with Gasteiger partial charge in [0.1, 0.15) is 0 Å². The van der Waals surface area contributed by atoms with E-state index in [-0.39, 0.29) is 11.7 Å². The van der Waals surface area contributed by atoms with Gasteiger partial charge >= 0.3 is 0 Å². The Kier molecular flexibility index (Phi) is 4.67. The molecule has 2 heterocycles. The van der Waals surface area contributed by atoms with Crippen molar-refractivity contribution in [2.45, 2.75) is 88.0 Å². The van der Waals surface area contributed by atoms with Crippen molar-refractivity contribution in [3.05, 3.63) is 17.5 Å². The SMILES string of the molecule is CO[C@@]12CC[C@@H](O)C[C@@H]1N(Cc1cn[nH]c1C1CCCCC1)CC2. The number of aliphatic hydroxyl groups excluding tert-OH is 1. The standard InChI is InChI=1S/C19H31N3O2/c1-24-19-8-7-16(23)11-17(19)22(10-9-19)13-15-12-20-21-18(15)14-5-3-2-4-6-14/h12,14,16-17,23H,2-11,13H2,1H3,(H,20,21)/t16-,17+,19-/m1/s1. The average Bonchev–Trinajstić information content (AvgIpc) is 3.22. The maximum absolute atomic E-state index is 10.2. The first-order valence-electron chi connectivity index (χ1n) is 9.71. The van der Waals surface area contributed by atoms with Crippen LogP contribution >= 0.6 is 0 Å². The zero-order valence-corrected chi connectivity index (χ0v) is 14.8. The molecule has 2 aliphatic carbocycles. The van der Waals surface area contributed by atoms with Gasteiger partial charge in [0.2, 0.25) is 0 Å². The van der Waals surface area contributed by atoms with E-state index in [0.29, 0.717) is 12.0 Å². The van der Waals surface area contributed by atoms with Crippen molar-refractivity contribution in [1.29, 1.82) is 0 Å². The van der Waals surface area contributed by atoms with Crippen LogP contribution in [0.1, 0.15) is 75.0 Å². The van der Waals surface area contributed by atoms with E-state index in [9.17, 15) is 5.11 Å². The Hall–Kier alpha value is -0.910. The summed E-state index contributed by atoms with van der Waals surface area (Å²) in [5, 5.41) is 17.8. The lowest BCUT2D eigenvalue weighted by molar-refractivity contribution is -0.0879. The normalized spacial score (nSPS) is 35.2. The fourth-order valence-corrected chi connectivity index (χ4v) is 5.37. The fourth-order valence-electron chi connectivity index (χ4n) is 5.37. The summed E-state index contributed by atoms with van der Waals surface area (Å²) in [6, 6.07) is 0.334. The predicted octanol–water partition coefficient (Wildman–Crippen LogP) is 2.96. The predicted molar refractivity (Wildman–Crippen MR) is 92.8 cm³/mol. The molecular weight excluding hydrogens is 302 g/mol. The minimum absolute atomic E-state index is 0.0477. The van der Waals surface area contributed by atoms with E-state index < -0.39 is 0 Å². The number of aliphatic hydroxyl groups is 1. The first-order chi connectivity index (χ1) is 11.7. The molecule has 0 radical (unpaired) electrons. The number of likely N-dealkylation sites (tertiary alicyclic amines) is 1. The third-order valence-electron chi connectivity index (χ3n) is 6.81. The van der Waals surface area contributed by atoms with E-state index in [2.05, 4.69) is 15.1 Å². The Bertz CT molecular complexity index is 555. The summed E-state index contributed by atoms with van der Waals surface area (Å²) in [4.78, 5) is 2.53. The summed E-state index contributed by atoms with van der Waals surface area (Å²) in [7, 11) is 1.85. The van der Waals surface area contributed by atoms with Gasteiger partial charge in [0.15, 0.2) is 0 Å². The number of hydrogen-bond donors (Lipinski definition) is 2. The molecule has 0 unspecified atom stereocenters. The summed E-state index contributed by atoms with van der Waals surface area (Å²) >= 11 is 0. The molecular formula is C19H31N3O2. The van der Waals surface area contributed by atoms with Gasteiger partial charge < -0.3 is 9.84 Å². The monoisotopic (exact) mass is 333 g/mol. The topological polar surface area (TPSA) is 61.4 Å². The van der Waals surface area contributed by atoms with Gasteiger partial charge in [0, 0.05) is 43.4 Å². The zero-order chi connectivity index (χ0) is 16.6. The number of H-pyrrole nitrogens is 1. The summed E-state index contributed by atoms with van der Waals surface area (Å²) < 4.78 is 5.97. The molecule has 1 saturated heterocycles. The number of aromatic amines is 1. The average molecular weight is 333 g/mol. The molecule has 24 heavy (non-hydrogen) atoms. The zero-order valence-electron chi connectivity index (χ0n) is 14.8. The quantitative estimate of drug-likeness (QED) is 0.889. The molecule has 5 heteroatoms. The van der Waals surface area contributed by atoms with Crippen molar-refractivity contribution in [2.24, 2.45) is 0 Å². The number of rotatable bonds is 4. The molecule has 0 spiro atoms. The molecule has 2 N–H and O–H groups in total. The summed E-state index contributed by atoms with van der Waals surface area (Å²) in [6.45, 7) is 1.99. The highest BCUT2D eigenvalue weighted by atomic mass is 16.5. The van der Waals surface area contributed by atoms with Crippen LogP contribution < -0.4 is 0 Å². The number of nitrogens with zero attached hydrogens (tertiary/aromatic N) is 2. The van der Waals surface area contributed by atoms with E-state index in [0.717, 1.165) is 38.8 Å². The number of aromatic nitrogens is 2. The Labute approximate surface area is 144 Å². The van der Waals surface area contributed by atoms with Crippen molar-refractivity contribution in [1.82, 2.24) is 15.1 Å². The summed E-state index contributed by atoms with van der Waals surface area (Å²) in [6.07, 6.45) is 12.3. The van der Waals surface area contributed by atoms with Crippen molar-refractivity contribution in [3.8, 4) is 0 Å². The van der Waals surface area contributed by atoms with Crippen LogP contribution in [0.25, 0.3) is 0 Å². The lowest BCUT2D eigenvalue weighted by Gasteiger charge is -2.42. The fraction of sp³-hybridized carbons (Fsp3) is 0.842. The molecule has 2 saturated carbocycles. The van der Waals surface area contributed by atoms with Gasteiger partial charge in [0.25, 0.3) is 0 Å². The highest BCUT2D eigenvalue weighted by Gasteiger charge is 2.50. The lowest BCUT2D eigenvalue weighted by atomic mass is 9.79. The Balaban J connectivity index is 1.50. The first-order valence-corrected chi connectivity index (χ1v) is 9.71.